The largest absolute Gasteiger partial charge is 1.00 e. The molecule has 0 spiro atoms. The van der Waals surface area contributed by atoms with Crippen LogP contribution in [-0.2, 0) is 4.79 Å². The van der Waals surface area contributed by atoms with Gasteiger partial charge in [0.1, 0.15) is 20.1 Å². The zero-order valence-electron chi connectivity index (χ0n) is 19.5. The third-order valence-electron chi connectivity index (χ3n) is 3.02. The Morgan fingerprint density at radius 1 is 0.639 bits per heavy atom. The van der Waals surface area contributed by atoms with Crippen LogP contribution in [0.2, 0.25) is 50.2 Å². The molecular formula is C18H20Cl10N3NaO4. The van der Waals surface area contributed by atoms with Crippen molar-refractivity contribution in [3.05, 3.63) is 50.2 Å². The van der Waals surface area contributed by atoms with E-state index in [4.69, 9.17) is 137 Å². The Morgan fingerprint density at radius 2 is 0.806 bits per heavy atom. The van der Waals surface area contributed by atoms with Crippen molar-refractivity contribution in [3.63, 3.8) is 0 Å². The number of aliphatic carboxylic acids is 1. The Morgan fingerprint density at radius 3 is 0.972 bits per heavy atom. The van der Waals surface area contributed by atoms with Gasteiger partial charge in [-0.3, -0.25) is 4.79 Å². The monoisotopic (exact) mass is 715 g/mol. The van der Waals surface area contributed by atoms with Gasteiger partial charge in [0.2, 0.25) is 0 Å². The van der Waals surface area contributed by atoms with Gasteiger partial charge in [0.25, 0.3) is 5.97 Å². The molecule has 2 rings (SSSR count). The van der Waals surface area contributed by atoms with Crippen molar-refractivity contribution in [3.8, 4) is 11.5 Å². The van der Waals surface area contributed by atoms with Gasteiger partial charge in [-0.2, -0.15) is 0 Å². The number of benzene rings is 2. The van der Waals surface area contributed by atoms with E-state index in [1.54, 1.807) is 0 Å². The molecule has 0 bridgehead atoms. The van der Waals surface area contributed by atoms with Crippen molar-refractivity contribution in [2.75, 3.05) is 26.2 Å². The molecule has 0 aromatic heterocycles. The van der Waals surface area contributed by atoms with Crippen molar-refractivity contribution in [1.82, 2.24) is 5.32 Å². The number of carboxylic acid groups (broad SMARTS) is 1. The number of aromatic hydroxyl groups is 2. The summed E-state index contributed by atoms with van der Waals surface area (Å²) in [5.74, 6) is -1.56. The average molecular weight is 720 g/mol. The molecular weight excluding hydrogens is 700 g/mol. The van der Waals surface area contributed by atoms with Crippen molar-refractivity contribution in [2.24, 2.45) is 11.5 Å². The molecule has 36 heavy (non-hydrogen) atoms. The minimum absolute atomic E-state index is 0. The Kier molecular flexibility index (Phi) is 25.6. The molecule has 0 aliphatic heterocycles. The van der Waals surface area contributed by atoms with Gasteiger partial charge in [-0.05, 0) is 0 Å². The first-order valence-corrected chi connectivity index (χ1v) is 12.6. The van der Waals surface area contributed by atoms with Gasteiger partial charge >= 0.3 is 29.6 Å². The molecule has 18 heteroatoms. The summed E-state index contributed by atoms with van der Waals surface area (Å²) >= 11 is 55.8. The fourth-order valence-electron chi connectivity index (χ4n) is 1.52. The number of nitrogens with one attached hydrogen (secondary N) is 1. The number of rotatable bonds is 4. The predicted molar refractivity (Wildman–Crippen MR) is 152 cm³/mol. The van der Waals surface area contributed by atoms with E-state index in [2.05, 4.69) is 5.32 Å². The molecule has 0 aliphatic rings. The van der Waals surface area contributed by atoms with Crippen molar-refractivity contribution in [2.45, 2.75) is 6.92 Å². The van der Waals surface area contributed by atoms with Gasteiger partial charge in [0.05, 0.1) is 30.1 Å². The smallest absolute Gasteiger partial charge is 1.00 e. The normalized spacial score (nSPS) is 9.47. The number of nitrogens with two attached hydrogens (primary N) is 2. The Labute approximate surface area is 281 Å². The number of phenols is 2. The maximum absolute atomic E-state index is 9.20. The van der Waals surface area contributed by atoms with Crippen LogP contribution in [0.25, 0.3) is 0 Å². The second-order valence-corrected chi connectivity index (χ2v) is 9.46. The quantitative estimate of drug-likeness (QED) is 0.113. The molecule has 0 saturated carbocycles. The minimum Gasteiger partial charge on any atom is -1.00 e. The standard InChI is InChI=1S/2C6HCl5O.C4H13N3.C2H4O2.Na.H/c2*7-1-2(8)4(10)6(12)5(11)3(1)9;5-1-3-7-4-2-6;1-2(3)4;;/h2*12H;7H,1-6H2;1H3,(H,3,4);;/q;;;;+1;-1. The molecule has 0 unspecified atom stereocenters. The number of halogens is 10. The van der Waals surface area contributed by atoms with Gasteiger partial charge in [0, 0.05) is 33.1 Å². The van der Waals surface area contributed by atoms with Crippen LogP contribution in [0.4, 0.5) is 0 Å². The molecule has 2 aromatic carbocycles. The molecule has 0 atom stereocenters. The predicted octanol–water partition coefficient (Wildman–Crippen LogP) is 5.02. The Bertz CT molecular complexity index is 724. The van der Waals surface area contributed by atoms with Crippen molar-refractivity contribution in [1.29, 1.82) is 0 Å². The number of phenolic OH excluding ortho intramolecular Hbond substituents is 2. The molecule has 202 valence electrons. The summed E-state index contributed by atoms with van der Waals surface area (Å²) < 4.78 is 0. The van der Waals surface area contributed by atoms with E-state index >= 15 is 0 Å². The van der Waals surface area contributed by atoms with Crippen LogP contribution in [-0.4, -0.2) is 47.5 Å². The number of carboxylic acids is 1. The van der Waals surface area contributed by atoms with Crippen LogP contribution in [0, 0.1) is 0 Å². The van der Waals surface area contributed by atoms with Gasteiger partial charge in [0.15, 0.2) is 11.5 Å². The van der Waals surface area contributed by atoms with Crippen LogP contribution in [0.15, 0.2) is 0 Å². The van der Waals surface area contributed by atoms with E-state index < -0.39 is 5.97 Å². The molecule has 7 nitrogen and oxygen atoms in total. The van der Waals surface area contributed by atoms with E-state index in [1.807, 2.05) is 0 Å². The number of carbonyl (C=O) groups is 1. The average Bonchev–Trinajstić information content (AvgIpc) is 2.82. The van der Waals surface area contributed by atoms with E-state index in [1.165, 1.54) is 0 Å². The van der Waals surface area contributed by atoms with Crippen molar-refractivity contribution >= 4 is 122 Å². The van der Waals surface area contributed by atoms with E-state index in [0.29, 0.717) is 13.1 Å². The summed E-state index contributed by atoms with van der Waals surface area (Å²) in [5.41, 5.74) is 10.3. The molecule has 8 N–H and O–H groups in total. The second kappa shape index (κ2) is 22.0. The molecule has 0 heterocycles. The molecule has 0 radical (unpaired) electrons. The van der Waals surface area contributed by atoms with Gasteiger partial charge < -0.3 is 33.5 Å². The second-order valence-electron chi connectivity index (χ2n) is 5.68. The van der Waals surface area contributed by atoms with Crippen LogP contribution >= 0.6 is 116 Å². The van der Waals surface area contributed by atoms with E-state index in [9.17, 15) is 10.2 Å². The third-order valence-corrected chi connectivity index (χ3v) is 7.53. The fourth-order valence-corrected chi connectivity index (χ4v) is 3.77. The minimum atomic E-state index is -0.833. The molecule has 0 fully saturated rings. The summed E-state index contributed by atoms with van der Waals surface area (Å²) in [6, 6.07) is 0. The first kappa shape index (κ1) is 41.8. The number of hydrogen-bond acceptors (Lipinski definition) is 6. The third kappa shape index (κ3) is 14.6. The first-order valence-electron chi connectivity index (χ1n) is 8.79. The van der Waals surface area contributed by atoms with Gasteiger partial charge in [-0.1, -0.05) is 116 Å². The van der Waals surface area contributed by atoms with Gasteiger partial charge in [-0.15, -0.1) is 0 Å². The fraction of sp³-hybridized carbons (Fsp3) is 0.278. The first-order chi connectivity index (χ1) is 16.1. The van der Waals surface area contributed by atoms with Crippen LogP contribution in [0.3, 0.4) is 0 Å². The molecule has 0 amide bonds. The summed E-state index contributed by atoms with van der Waals surface area (Å²) in [6.45, 7) is 4.22. The zero-order chi connectivity index (χ0) is 28.0. The summed E-state index contributed by atoms with van der Waals surface area (Å²) in [7, 11) is 0. The maximum Gasteiger partial charge on any atom is 1.00 e. The summed E-state index contributed by atoms with van der Waals surface area (Å²) in [5, 5.41) is 28.5. The topological polar surface area (TPSA) is 142 Å². The zero-order valence-corrected chi connectivity index (χ0v) is 28.1. The molecule has 0 saturated heterocycles. The van der Waals surface area contributed by atoms with Crippen molar-refractivity contribution < 1.29 is 51.1 Å². The van der Waals surface area contributed by atoms with Crippen LogP contribution in [0.5, 0.6) is 11.5 Å². The SMILES string of the molecule is CC(=O)O.NCCNCCN.Oc1c(Cl)c(Cl)c(Cl)c(Cl)c1Cl.Oc1c(Cl)c(Cl)c(Cl)c(Cl)c1Cl.[H-].[Na+]. The maximum atomic E-state index is 9.20. The summed E-state index contributed by atoms with van der Waals surface area (Å²) in [6.07, 6.45) is 0. The Hall–Kier alpha value is 1.29. The van der Waals surface area contributed by atoms with Crippen LogP contribution in [0.1, 0.15) is 8.35 Å². The molecule has 2 aromatic rings. The van der Waals surface area contributed by atoms with E-state index in [0.717, 1.165) is 20.0 Å². The number of hydrogen-bond donors (Lipinski definition) is 6. The van der Waals surface area contributed by atoms with Crippen LogP contribution < -0.4 is 46.3 Å². The summed E-state index contributed by atoms with van der Waals surface area (Å²) in [4.78, 5) is 9.00. The Balaban J connectivity index is -0.000000206. The van der Waals surface area contributed by atoms with E-state index in [-0.39, 0.29) is 92.7 Å². The molecule has 0 aliphatic carbocycles. The van der Waals surface area contributed by atoms with Gasteiger partial charge in [-0.25, -0.2) is 0 Å².